The Morgan fingerprint density at radius 1 is 1.12 bits per heavy atom. The second-order valence-corrected chi connectivity index (χ2v) is 7.67. The topological polar surface area (TPSA) is 36.7 Å². The van der Waals surface area contributed by atoms with Crippen LogP contribution in [-0.4, -0.2) is 4.98 Å². The number of halogens is 1. The van der Waals surface area contributed by atoms with Crippen LogP contribution < -0.4 is 0 Å². The maximum absolute atomic E-state index is 9.59. The maximum Gasteiger partial charge on any atom is 0.134 e. The van der Waals surface area contributed by atoms with E-state index in [2.05, 4.69) is 46.3 Å². The highest BCUT2D eigenvalue weighted by molar-refractivity contribution is 9.10. The number of aryl methyl sites for hydroxylation is 2. The van der Waals surface area contributed by atoms with E-state index < -0.39 is 0 Å². The predicted octanol–water partition coefficient (Wildman–Crippen LogP) is 5.74. The van der Waals surface area contributed by atoms with Gasteiger partial charge >= 0.3 is 0 Å². The highest BCUT2D eigenvalue weighted by atomic mass is 79.9. The van der Waals surface area contributed by atoms with Crippen LogP contribution in [0, 0.1) is 11.3 Å². The molecule has 0 radical (unpaired) electrons. The lowest BCUT2D eigenvalue weighted by atomic mass is 9.94. The first kappa shape index (κ1) is 15.3. The van der Waals surface area contributed by atoms with E-state index in [0.29, 0.717) is 5.57 Å². The van der Waals surface area contributed by atoms with Gasteiger partial charge in [-0.25, -0.2) is 4.98 Å². The molecule has 0 fully saturated rings. The van der Waals surface area contributed by atoms with Crippen molar-refractivity contribution in [3.05, 3.63) is 74.0 Å². The first-order chi connectivity index (χ1) is 11.7. The van der Waals surface area contributed by atoms with Crippen molar-refractivity contribution in [1.29, 1.82) is 5.26 Å². The van der Waals surface area contributed by atoms with Crippen molar-refractivity contribution in [1.82, 2.24) is 4.98 Å². The molecule has 1 heterocycles. The monoisotopic (exact) mass is 392 g/mol. The first-order valence-electron chi connectivity index (χ1n) is 7.70. The van der Waals surface area contributed by atoms with Gasteiger partial charge in [-0.15, -0.1) is 11.3 Å². The summed E-state index contributed by atoms with van der Waals surface area (Å²) in [5.74, 6) is 0. The molecule has 0 bridgehead atoms. The van der Waals surface area contributed by atoms with E-state index in [1.54, 1.807) is 11.3 Å². The van der Waals surface area contributed by atoms with Crippen LogP contribution in [0.4, 0.5) is 0 Å². The number of nitriles is 1. The van der Waals surface area contributed by atoms with E-state index in [-0.39, 0.29) is 0 Å². The molecule has 0 N–H and O–H groups in total. The lowest BCUT2D eigenvalue weighted by Crippen LogP contribution is -2.01. The van der Waals surface area contributed by atoms with Gasteiger partial charge in [-0.3, -0.25) is 0 Å². The normalized spacial score (nSPS) is 13.1. The summed E-state index contributed by atoms with van der Waals surface area (Å²) in [6.07, 6.45) is 3.95. The molecule has 0 amide bonds. The second-order valence-electron chi connectivity index (χ2n) is 5.67. The van der Waals surface area contributed by atoms with E-state index in [0.717, 1.165) is 33.6 Å². The van der Waals surface area contributed by atoms with Gasteiger partial charge in [-0.2, -0.15) is 5.26 Å². The van der Waals surface area contributed by atoms with Gasteiger partial charge in [0, 0.05) is 14.9 Å². The van der Waals surface area contributed by atoms with Gasteiger partial charge in [0.25, 0.3) is 0 Å². The van der Waals surface area contributed by atoms with Crippen molar-refractivity contribution in [2.24, 2.45) is 0 Å². The summed E-state index contributed by atoms with van der Waals surface area (Å²) in [5.41, 5.74) is 5.23. The van der Waals surface area contributed by atoms with Crippen LogP contribution in [0.1, 0.15) is 21.0 Å². The molecule has 0 saturated heterocycles. The van der Waals surface area contributed by atoms with Crippen LogP contribution >= 0.6 is 27.3 Å². The number of rotatable bonds is 2. The van der Waals surface area contributed by atoms with Crippen LogP contribution in [0.3, 0.4) is 0 Å². The molecule has 0 unspecified atom stereocenters. The van der Waals surface area contributed by atoms with E-state index in [1.807, 2.05) is 30.3 Å². The smallest absolute Gasteiger partial charge is 0.134 e. The Morgan fingerprint density at radius 2 is 1.92 bits per heavy atom. The molecule has 24 heavy (non-hydrogen) atoms. The Morgan fingerprint density at radius 3 is 2.71 bits per heavy atom. The van der Waals surface area contributed by atoms with Gasteiger partial charge in [0.2, 0.25) is 0 Å². The van der Waals surface area contributed by atoms with Crippen LogP contribution in [0.2, 0.25) is 0 Å². The third-order valence-corrected chi connectivity index (χ3v) is 5.80. The van der Waals surface area contributed by atoms with Crippen molar-refractivity contribution in [2.45, 2.75) is 12.8 Å². The molecule has 1 aliphatic carbocycles. The fraction of sp³-hybridized carbons (Fsp3) is 0.100. The van der Waals surface area contributed by atoms with Crippen LogP contribution in [0.25, 0.3) is 22.9 Å². The second kappa shape index (κ2) is 6.35. The lowest BCUT2D eigenvalue weighted by Gasteiger charge is -2.13. The van der Waals surface area contributed by atoms with Crippen LogP contribution in [0.5, 0.6) is 0 Å². The Hall–Kier alpha value is -2.22. The number of thiazole rings is 1. The number of allylic oxidation sites excluding steroid dienone is 1. The fourth-order valence-corrected chi connectivity index (χ4v) is 4.24. The zero-order valence-electron chi connectivity index (χ0n) is 12.8. The number of fused-ring (bicyclic) bond motifs is 3. The summed E-state index contributed by atoms with van der Waals surface area (Å²) < 4.78 is 1.03. The van der Waals surface area contributed by atoms with Crippen LogP contribution in [-0.2, 0) is 12.8 Å². The number of aromatic nitrogens is 1. The quantitative estimate of drug-likeness (QED) is 0.521. The molecular weight excluding hydrogens is 380 g/mol. The Kier molecular flexibility index (Phi) is 4.05. The summed E-state index contributed by atoms with van der Waals surface area (Å²) in [4.78, 5) is 6.07. The van der Waals surface area contributed by atoms with Gasteiger partial charge < -0.3 is 0 Å². The number of nitrogens with zero attached hydrogens (tertiary/aromatic N) is 2. The van der Waals surface area contributed by atoms with E-state index in [4.69, 9.17) is 4.98 Å². The molecule has 1 aromatic heterocycles. The molecule has 0 aliphatic heterocycles. The number of hydrogen-bond acceptors (Lipinski definition) is 3. The highest BCUT2D eigenvalue weighted by Gasteiger charge is 2.21. The number of hydrogen-bond donors (Lipinski definition) is 0. The summed E-state index contributed by atoms with van der Waals surface area (Å²) >= 11 is 5.07. The number of benzene rings is 2. The van der Waals surface area contributed by atoms with Gasteiger partial charge in [-0.05, 0) is 42.2 Å². The van der Waals surface area contributed by atoms with Gasteiger partial charge in [-0.1, -0.05) is 52.3 Å². The summed E-state index contributed by atoms with van der Waals surface area (Å²) in [6, 6.07) is 18.7. The van der Waals surface area contributed by atoms with E-state index >= 15 is 0 Å². The minimum atomic E-state index is 0.620. The van der Waals surface area contributed by atoms with Crippen molar-refractivity contribution >= 4 is 38.9 Å². The molecule has 0 saturated carbocycles. The SMILES string of the molecule is N#C/C(=C/c1ccc(Br)cc1)c1nc2c(s1)CCc1ccccc1-2. The largest absolute Gasteiger partial charge is 0.235 e. The molecule has 2 aromatic carbocycles. The molecule has 0 spiro atoms. The average Bonchev–Trinajstić information content (AvgIpc) is 3.06. The minimum absolute atomic E-state index is 0.620. The van der Waals surface area contributed by atoms with E-state index in [9.17, 15) is 5.26 Å². The fourth-order valence-electron chi connectivity index (χ4n) is 2.93. The maximum atomic E-state index is 9.59. The molecule has 1 aliphatic rings. The first-order valence-corrected chi connectivity index (χ1v) is 9.31. The average molecular weight is 393 g/mol. The zero-order chi connectivity index (χ0) is 16.5. The molecular formula is C20H13BrN2S. The lowest BCUT2D eigenvalue weighted by molar-refractivity contribution is 0.955. The van der Waals surface area contributed by atoms with Crippen molar-refractivity contribution in [2.75, 3.05) is 0 Å². The third kappa shape index (κ3) is 2.82. The summed E-state index contributed by atoms with van der Waals surface area (Å²) in [7, 11) is 0. The van der Waals surface area contributed by atoms with Gasteiger partial charge in [0.1, 0.15) is 11.1 Å². The highest BCUT2D eigenvalue weighted by Crippen LogP contribution is 2.38. The molecule has 4 heteroatoms. The van der Waals surface area contributed by atoms with Crippen LogP contribution in [0.15, 0.2) is 53.0 Å². The van der Waals surface area contributed by atoms with Crippen molar-refractivity contribution in [3.63, 3.8) is 0 Å². The van der Waals surface area contributed by atoms with Crippen molar-refractivity contribution in [3.8, 4) is 17.3 Å². The molecule has 0 atom stereocenters. The zero-order valence-corrected chi connectivity index (χ0v) is 15.2. The standard InChI is InChI=1S/C20H13BrN2S/c21-16-8-5-13(6-9-16)11-15(12-22)20-23-19-17-4-2-1-3-14(17)7-10-18(19)24-20/h1-6,8-9,11H,7,10H2/b15-11-. The molecule has 4 rings (SSSR count). The third-order valence-electron chi connectivity index (χ3n) is 4.12. The van der Waals surface area contributed by atoms with E-state index in [1.165, 1.54) is 16.0 Å². The Bertz CT molecular complexity index is 978. The van der Waals surface area contributed by atoms with Gasteiger partial charge in [0.05, 0.1) is 11.3 Å². The predicted molar refractivity (Wildman–Crippen MR) is 103 cm³/mol. The molecule has 116 valence electrons. The Labute approximate surface area is 153 Å². The summed E-state index contributed by atoms with van der Waals surface area (Å²) in [5, 5.41) is 10.4. The summed E-state index contributed by atoms with van der Waals surface area (Å²) in [6.45, 7) is 0. The Balaban J connectivity index is 1.77. The molecule has 2 nitrogen and oxygen atoms in total. The minimum Gasteiger partial charge on any atom is -0.235 e. The van der Waals surface area contributed by atoms with Crippen molar-refractivity contribution < 1.29 is 0 Å². The van der Waals surface area contributed by atoms with Gasteiger partial charge in [0.15, 0.2) is 0 Å². The molecule has 3 aromatic rings.